The highest BCUT2D eigenvalue weighted by atomic mass is 127. The van der Waals surface area contributed by atoms with Gasteiger partial charge in [0.05, 0.1) is 30.5 Å². The first-order chi connectivity index (χ1) is 14.6. The highest BCUT2D eigenvalue weighted by molar-refractivity contribution is 14.1. The third kappa shape index (κ3) is 6.12. The fourth-order valence-electron chi connectivity index (χ4n) is 2.79. The van der Waals surface area contributed by atoms with E-state index in [0.717, 1.165) is 36.2 Å². The van der Waals surface area contributed by atoms with E-state index in [1.807, 2.05) is 60.7 Å². The van der Waals surface area contributed by atoms with Gasteiger partial charge in [-0.25, -0.2) is 0 Å². The maximum Gasteiger partial charge on any atom is 0.174 e. The third-order valence-corrected chi connectivity index (χ3v) is 5.65. The van der Waals surface area contributed by atoms with Crippen LogP contribution in [-0.4, -0.2) is 20.4 Å². The standard InChI is InChI=1S/C23H22BrIN2O3/c1-28-21-6-4-3-5-18(21)14-27-26-13-17-11-20(25)23(22(12-17)29-2)30-15-16-7-9-19(24)10-8-16/h3-13,27H,14-15H2,1-2H3/b26-13+. The largest absolute Gasteiger partial charge is 0.496 e. The molecule has 0 fully saturated rings. The number of hydrazone groups is 1. The molecule has 3 aromatic rings. The summed E-state index contributed by atoms with van der Waals surface area (Å²) in [5.41, 5.74) is 6.10. The summed E-state index contributed by atoms with van der Waals surface area (Å²) >= 11 is 5.70. The Morgan fingerprint density at radius 2 is 1.73 bits per heavy atom. The molecular formula is C23H22BrIN2O3. The van der Waals surface area contributed by atoms with Gasteiger partial charge < -0.3 is 19.6 Å². The molecule has 5 nitrogen and oxygen atoms in total. The molecule has 7 heteroatoms. The van der Waals surface area contributed by atoms with Crippen LogP contribution in [0.4, 0.5) is 0 Å². The molecule has 3 aromatic carbocycles. The van der Waals surface area contributed by atoms with Crippen LogP contribution in [0, 0.1) is 3.57 Å². The number of halogens is 2. The first-order valence-electron chi connectivity index (χ1n) is 9.23. The molecule has 30 heavy (non-hydrogen) atoms. The lowest BCUT2D eigenvalue weighted by Crippen LogP contribution is -2.07. The van der Waals surface area contributed by atoms with Crippen LogP contribution in [-0.2, 0) is 13.2 Å². The van der Waals surface area contributed by atoms with Gasteiger partial charge in [0.15, 0.2) is 11.5 Å². The minimum Gasteiger partial charge on any atom is -0.496 e. The van der Waals surface area contributed by atoms with Gasteiger partial charge in [-0.15, -0.1) is 0 Å². The smallest absolute Gasteiger partial charge is 0.174 e. The molecule has 156 valence electrons. The molecule has 0 aliphatic rings. The Balaban J connectivity index is 1.65. The number of benzene rings is 3. The van der Waals surface area contributed by atoms with Crippen molar-refractivity contribution in [2.45, 2.75) is 13.2 Å². The van der Waals surface area contributed by atoms with Crippen LogP contribution in [0.1, 0.15) is 16.7 Å². The van der Waals surface area contributed by atoms with Gasteiger partial charge in [0.2, 0.25) is 0 Å². The lowest BCUT2D eigenvalue weighted by molar-refractivity contribution is 0.282. The minimum absolute atomic E-state index is 0.466. The average molecular weight is 581 g/mol. The Morgan fingerprint density at radius 3 is 2.47 bits per heavy atom. The van der Waals surface area contributed by atoms with Crippen molar-refractivity contribution in [1.82, 2.24) is 5.43 Å². The second-order valence-electron chi connectivity index (χ2n) is 6.35. The fourth-order valence-corrected chi connectivity index (χ4v) is 3.84. The highest BCUT2D eigenvalue weighted by Crippen LogP contribution is 2.34. The highest BCUT2D eigenvalue weighted by Gasteiger charge is 2.11. The van der Waals surface area contributed by atoms with E-state index in [2.05, 4.69) is 49.0 Å². The van der Waals surface area contributed by atoms with Gasteiger partial charge in [0.1, 0.15) is 12.4 Å². The predicted octanol–water partition coefficient (Wildman–Crippen LogP) is 5.77. The second-order valence-corrected chi connectivity index (χ2v) is 8.43. The van der Waals surface area contributed by atoms with Crippen molar-refractivity contribution in [3.63, 3.8) is 0 Å². The lowest BCUT2D eigenvalue weighted by atomic mass is 10.2. The Hall–Kier alpha value is -2.26. The Labute approximate surface area is 198 Å². The first kappa shape index (κ1) is 22.4. The third-order valence-electron chi connectivity index (χ3n) is 4.32. The van der Waals surface area contributed by atoms with E-state index in [-0.39, 0.29) is 0 Å². The number of para-hydroxylation sites is 1. The topological polar surface area (TPSA) is 52.1 Å². The summed E-state index contributed by atoms with van der Waals surface area (Å²) in [6, 6.07) is 19.8. The van der Waals surface area contributed by atoms with E-state index >= 15 is 0 Å². The number of ether oxygens (including phenoxy) is 3. The van der Waals surface area contributed by atoms with Gasteiger partial charge in [-0.05, 0) is 64.0 Å². The maximum atomic E-state index is 6.03. The van der Waals surface area contributed by atoms with E-state index in [4.69, 9.17) is 14.2 Å². The van der Waals surface area contributed by atoms with Crippen molar-refractivity contribution in [1.29, 1.82) is 0 Å². The number of hydrogen-bond acceptors (Lipinski definition) is 5. The summed E-state index contributed by atoms with van der Waals surface area (Å²) in [6.07, 6.45) is 1.76. The van der Waals surface area contributed by atoms with E-state index in [1.165, 1.54) is 0 Å². The lowest BCUT2D eigenvalue weighted by Gasteiger charge is -2.13. The molecule has 0 spiro atoms. The molecule has 3 rings (SSSR count). The number of methoxy groups -OCH3 is 2. The Morgan fingerprint density at radius 1 is 1.00 bits per heavy atom. The Kier molecular flexibility index (Phi) is 8.39. The fraction of sp³-hybridized carbons (Fsp3) is 0.174. The second kappa shape index (κ2) is 11.2. The van der Waals surface area contributed by atoms with Crippen molar-refractivity contribution in [3.8, 4) is 17.2 Å². The van der Waals surface area contributed by atoms with Gasteiger partial charge in [-0.2, -0.15) is 5.10 Å². The van der Waals surface area contributed by atoms with E-state index < -0.39 is 0 Å². The summed E-state index contributed by atoms with van der Waals surface area (Å²) in [5, 5.41) is 4.33. The molecule has 0 aliphatic carbocycles. The molecule has 0 atom stereocenters. The first-order valence-corrected chi connectivity index (χ1v) is 11.1. The van der Waals surface area contributed by atoms with Crippen LogP contribution >= 0.6 is 38.5 Å². The molecule has 0 radical (unpaired) electrons. The summed E-state index contributed by atoms with van der Waals surface area (Å²) in [7, 11) is 3.30. The zero-order valence-electron chi connectivity index (χ0n) is 16.7. The van der Waals surface area contributed by atoms with Crippen LogP contribution < -0.4 is 19.6 Å². The number of rotatable bonds is 9. The normalized spacial score (nSPS) is 10.8. The van der Waals surface area contributed by atoms with Gasteiger partial charge in [0, 0.05) is 10.0 Å². The van der Waals surface area contributed by atoms with Gasteiger partial charge in [-0.1, -0.05) is 46.3 Å². The van der Waals surface area contributed by atoms with Gasteiger partial charge >= 0.3 is 0 Å². The SMILES string of the molecule is COc1ccccc1CN/N=C/c1cc(I)c(OCc2ccc(Br)cc2)c(OC)c1. The number of nitrogens with zero attached hydrogens (tertiary/aromatic N) is 1. The van der Waals surface area contributed by atoms with Crippen molar-refractivity contribution >= 4 is 44.7 Å². The molecule has 0 heterocycles. The molecular weight excluding hydrogens is 559 g/mol. The molecule has 0 amide bonds. The van der Waals surface area contributed by atoms with E-state index in [0.29, 0.717) is 18.9 Å². The minimum atomic E-state index is 0.466. The molecule has 0 saturated carbocycles. The van der Waals surface area contributed by atoms with E-state index in [1.54, 1.807) is 20.4 Å². The van der Waals surface area contributed by atoms with Crippen molar-refractivity contribution in [3.05, 3.63) is 85.4 Å². The predicted molar refractivity (Wildman–Crippen MR) is 132 cm³/mol. The number of nitrogens with one attached hydrogen (secondary N) is 1. The van der Waals surface area contributed by atoms with Crippen LogP contribution in [0.3, 0.4) is 0 Å². The quantitative estimate of drug-likeness (QED) is 0.198. The molecule has 0 aliphatic heterocycles. The molecule has 0 saturated heterocycles. The summed E-state index contributed by atoms with van der Waals surface area (Å²) in [4.78, 5) is 0. The Bertz CT molecular complexity index is 1010. The molecule has 0 unspecified atom stereocenters. The van der Waals surface area contributed by atoms with Crippen LogP contribution in [0.15, 0.2) is 70.2 Å². The summed E-state index contributed by atoms with van der Waals surface area (Å²) in [5.74, 6) is 2.23. The maximum absolute atomic E-state index is 6.03. The van der Waals surface area contributed by atoms with Crippen molar-refractivity contribution < 1.29 is 14.2 Å². The van der Waals surface area contributed by atoms with Crippen LogP contribution in [0.2, 0.25) is 0 Å². The van der Waals surface area contributed by atoms with Crippen LogP contribution in [0.25, 0.3) is 0 Å². The summed E-state index contributed by atoms with van der Waals surface area (Å²) < 4.78 is 18.9. The van der Waals surface area contributed by atoms with Crippen molar-refractivity contribution in [2.24, 2.45) is 5.10 Å². The molecule has 0 aromatic heterocycles. The average Bonchev–Trinajstić information content (AvgIpc) is 2.77. The van der Waals surface area contributed by atoms with Crippen LogP contribution in [0.5, 0.6) is 17.2 Å². The molecule has 1 N–H and O–H groups in total. The van der Waals surface area contributed by atoms with Gasteiger partial charge in [-0.3, -0.25) is 0 Å². The number of hydrogen-bond donors (Lipinski definition) is 1. The van der Waals surface area contributed by atoms with E-state index in [9.17, 15) is 0 Å². The zero-order valence-corrected chi connectivity index (χ0v) is 20.4. The zero-order chi connectivity index (χ0) is 21.3. The summed E-state index contributed by atoms with van der Waals surface area (Å²) in [6.45, 7) is 1.04. The van der Waals surface area contributed by atoms with Gasteiger partial charge in [0.25, 0.3) is 0 Å². The molecule has 0 bridgehead atoms. The van der Waals surface area contributed by atoms with Crippen molar-refractivity contribution in [2.75, 3.05) is 14.2 Å². The monoisotopic (exact) mass is 580 g/mol.